The summed E-state index contributed by atoms with van der Waals surface area (Å²) in [4.78, 5) is 4.39. The number of anilines is 1. The van der Waals surface area contributed by atoms with Crippen molar-refractivity contribution in [1.82, 2.24) is 14.1 Å². The van der Waals surface area contributed by atoms with Crippen molar-refractivity contribution in [1.29, 1.82) is 0 Å². The minimum atomic E-state index is -3.39. The first-order chi connectivity index (χ1) is 9.79. The Bertz CT molecular complexity index is 672. The van der Waals surface area contributed by atoms with E-state index < -0.39 is 10.0 Å². The molecule has 0 aliphatic heterocycles. The highest BCUT2D eigenvalue weighted by atomic mass is 32.2. The average molecular weight is 347 g/mol. The van der Waals surface area contributed by atoms with Crippen LogP contribution in [0.3, 0.4) is 0 Å². The fourth-order valence-corrected chi connectivity index (χ4v) is 4.29. The molecular weight excluding hydrogens is 328 g/mol. The molecule has 0 unspecified atom stereocenters. The Kier molecular flexibility index (Phi) is 4.97. The van der Waals surface area contributed by atoms with E-state index in [0.29, 0.717) is 22.4 Å². The van der Waals surface area contributed by atoms with Gasteiger partial charge in [0.15, 0.2) is 0 Å². The molecule has 116 valence electrons. The van der Waals surface area contributed by atoms with Gasteiger partial charge < -0.3 is 5.32 Å². The van der Waals surface area contributed by atoms with Gasteiger partial charge in [-0.1, -0.05) is 26.8 Å². The zero-order valence-corrected chi connectivity index (χ0v) is 14.5. The molecule has 0 bridgehead atoms. The second-order valence-corrected chi connectivity index (χ2v) is 9.12. The van der Waals surface area contributed by atoms with Crippen LogP contribution in [0.1, 0.15) is 26.6 Å². The Labute approximate surface area is 132 Å². The Hall–Kier alpha value is -1.03. The second-order valence-electron chi connectivity index (χ2n) is 5.43. The fourth-order valence-electron chi connectivity index (χ4n) is 1.44. The summed E-state index contributed by atoms with van der Waals surface area (Å²) in [5.74, 6) is 0.786. The van der Waals surface area contributed by atoms with Crippen LogP contribution in [-0.2, 0) is 15.4 Å². The third kappa shape index (κ3) is 4.47. The minimum Gasteiger partial charge on any atom is -0.359 e. The van der Waals surface area contributed by atoms with E-state index in [1.165, 1.54) is 22.9 Å². The maximum atomic E-state index is 11.9. The van der Waals surface area contributed by atoms with Gasteiger partial charge in [0.2, 0.25) is 15.2 Å². The molecule has 2 heterocycles. The second kappa shape index (κ2) is 6.39. The van der Waals surface area contributed by atoms with Gasteiger partial charge in [0.1, 0.15) is 10.0 Å². The van der Waals surface area contributed by atoms with Crippen LogP contribution in [0.5, 0.6) is 0 Å². The summed E-state index contributed by atoms with van der Waals surface area (Å²) < 4.78 is 30.9. The first-order valence-electron chi connectivity index (χ1n) is 6.40. The van der Waals surface area contributed by atoms with Crippen LogP contribution in [0.15, 0.2) is 21.7 Å². The first kappa shape index (κ1) is 16.3. The van der Waals surface area contributed by atoms with Crippen molar-refractivity contribution in [3.8, 4) is 0 Å². The topological polar surface area (TPSA) is 84.0 Å². The monoisotopic (exact) mass is 346 g/mol. The third-order valence-corrected chi connectivity index (χ3v) is 6.08. The van der Waals surface area contributed by atoms with Crippen LogP contribution in [0.4, 0.5) is 5.13 Å². The van der Waals surface area contributed by atoms with Crippen molar-refractivity contribution >= 4 is 38.0 Å². The van der Waals surface area contributed by atoms with E-state index >= 15 is 0 Å². The number of sulfonamides is 1. The lowest BCUT2D eigenvalue weighted by Gasteiger charge is -2.12. The standard InChI is InChI=1S/C12H18N4O2S3/c1-12(2,3)10-15-11(20-16-10)13-6-7-14-21(17,18)9-5-4-8-19-9/h4-5,8,14H,6-7H2,1-3H3,(H,13,15,16). The summed E-state index contributed by atoms with van der Waals surface area (Å²) in [5, 5.41) is 5.52. The van der Waals surface area contributed by atoms with Crippen molar-refractivity contribution in [2.45, 2.75) is 30.4 Å². The van der Waals surface area contributed by atoms with Crippen molar-refractivity contribution in [2.75, 3.05) is 18.4 Å². The zero-order chi connectivity index (χ0) is 15.5. The van der Waals surface area contributed by atoms with Crippen molar-refractivity contribution in [3.05, 3.63) is 23.3 Å². The van der Waals surface area contributed by atoms with Gasteiger partial charge in [0, 0.05) is 30.0 Å². The molecular formula is C12H18N4O2S3. The Morgan fingerprint density at radius 3 is 2.62 bits per heavy atom. The number of thiophene rings is 1. The van der Waals surface area contributed by atoms with Crippen LogP contribution in [0.2, 0.25) is 0 Å². The zero-order valence-electron chi connectivity index (χ0n) is 12.1. The van der Waals surface area contributed by atoms with Crippen LogP contribution in [0, 0.1) is 0 Å². The number of hydrogen-bond donors (Lipinski definition) is 2. The molecule has 0 saturated carbocycles. The van der Waals surface area contributed by atoms with Gasteiger partial charge in [-0.2, -0.15) is 4.37 Å². The predicted octanol–water partition coefficient (Wildman–Crippen LogP) is 2.29. The van der Waals surface area contributed by atoms with Gasteiger partial charge in [-0.25, -0.2) is 18.1 Å². The van der Waals surface area contributed by atoms with Gasteiger partial charge in [0.05, 0.1) is 0 Å². The lowest BCUT2D eigenvalue weighted by molar-refractivity contribution is 0.555. The molecule has 0 aromatic carbocycles. The van der Waals surface area contributed by atoms with E-state index in [1.54, 1.807) is 17.5 Å². The normalized spacial score (nSPS) is 12.5. The Balaban J connectivity index is 1.82. The van der Waals surface area contributed by atoms with E-state index in [4.69, 9.17) is 0 Å². The minimum absolute atomic E-state index is 0.0861. The number of hydrogen-bond acceptors (Lipinski definition) is 7. The maximum absolute atomic E-state index is 11.9. The summed E-state index contributed by atoms with van der Waals surface area (Å²) in [7, 11) is -3.39. The smallest absolute Gasteiger partial charge is 0.250 e. The predicted molar refractivity (Wildman–Crippen MR) is 86.6 cm³/mol. The third-order valence-electron chi connectivity index (χ3n) is 2.55. The molecule has 21 heavy (non-hydrogen) atoms. The molecule has 0 amide bonds. The van der Waals surface area contributed by atoms with Crippen molar-refractivity contribution in [2.24, 2.45) is 0 Å². The number of aromatic nitrogens is 2. The van der Waals surface area contributed by atoms with E-state index in [0.717, 1.165) is 5.82 Å². The molecule has 0 radical (unpaired) electrons. The quantitative estimate of drug-likeness (QED) is 0.784. The average Bonchev–Trinajstić information content (AvgIpc) is 3.05. The summed E-state index contributed by atoms with van der Waals surface area (Å²) in [6.45, 7) is 6.91. The van der Waals surface area contributed by atoms with Crippen LogP contribution < -0.4 is 10.0 Å². The lowest BCUT2D eigenvalue weighted by atomic mass is 9.96. The molecule has 2 N–H and O–H groups in total. The molecule has 0 aliphatic carbocycles. The van der Waals surface area contributed by atoms with Crippen LogP contribution >= 0.6 is 22.9 Å². The lowest BCUT2D eigenvalue weighted by Crippen LogP contribution is -2.28. The van der Waals surface area contributed by atoms with Gasteiger partial charge in [-0.3, -0.25) is 0 Å². The van der Waals surface area contributed by atoms with Gasteiger partial charge in [-0.05, 0) is 11.4 Å². The molecule has 0 atom stereocenters. The molecule has 0 saturated heterocycles. The van der Waals surface area contributed by atoms with Crippen LogP contribution in [0.25, 0.3) is 0 Å². The highest BCUT2D eigenvalue weighted by Gasteiger charge is 2.19. The Morgan fingerprint density at radius 1 is 1.29 bits per heavy atom. The highest BCUT2D eigenvalue weighted by molar-refractivity contribution is 7.91. The molecule has 9 heteroatoms. The summed E-state index contributed by atoms with van der Waals surface area (Å²) in [6, 6.07) is 3.30. The van der Waals surface area contributed by atoms with E-state index in [1.807, 2.05) is 20.8 Å². The van der Waals surface area contributed by atoms with Gasteiger partial charge in [-0.15, -0.1) is 11.3 Å². The summed E-state index contributed by atoms with van der Waals surface area (Å²) >= 11 is 2.48. The first-order valence-corrected chi connectivity index (χ1v) is 9.54. The van der Waals surface area contributed by atoms with Gasteiger partial charge in [0.25, 0.3) is 0 Å². The Morgan fingerprint density at radius 2 is 2.05 bits per heavy atom. The molecule has 6 nitrogen and oxygen atoms in total. The maximum Gasteiger partial charge on any atom is 0.250 e. The molecule has 2 aromatic heterocycles. The van der Waals surface area contributed by atoms with E-state index in [-0.39, 0.29) is 5.41 Å². The number of nitrogens with one attached hydrogen (secondary N) is 2. The van der Waals surface area contributed by atoms with E-state index in [2.05, 4.69) is 19.4 Å². The van der Waals surface area contributed by atoms with Crippen molar-refractivity contribution in [3.63, 3.8) is 0 Å². The van der Waals surface area contributed by atoms with E-state index in [9.17, 15) is 8.42 Å². The number of nitrogens with zero attached hydrogens (tertiary/aromatic N) is 2. The fraction of sp³-hybridized carbons (Fsp3) is 0.500. The molecule has 2 aromatic rings. The SMILES string of the molecule is CC(C)(C)c1nsc(NCCNS(=O)(=O)c2cccs2)n1. The molecule has 0 fully saturated rings. The van der Waals surface area contributed by atoms with Crippen LogP contribution in [-0.4, -0.2) is 30.9 Å². The molecule has 0 aliphatic rings. The number of rotatable bonds is 6. The summed E-state index contributed by atoms with van der Waals surface area (Å²) in [6.07, 6.45) is 0. The summed E-state index contributed by atoms with van der Waals surface area (Å²) in [5.41, 5.74) is -0.0861. The molecule has 0 spiro atoms. The van der Waals surface area contributed by atoms with Gasteiger partial charge >= 0.3 is 0 Å². The van der Waals surface area contributed by atoms with Crippen molar-refractivity contribution < 1.29 is 8.42 Å². The highest BCUT2D eigenvalue weighted by Crippen LogP contribution is 2.22. The largest absolute Gasteiger partial charge is 0.359 e. The molecule has 2 rings (SSSR count).